The van der Waals surface area contributed by atoms with Crippen molar-refractivity contribution in [2.45, 2.75) is 13.8 Å². The van der Waals surface area contributed by atoms with Crippen LogP contribution in [0.2, 0.25) is 5.02 Å². The first kappa shape index (κ1) is 16.9. The number of halogens is 1. The summed E-state index contributed by atoms with van der Waals surface area (Å²) < 4.78 is 10.7. The SMILES string of the molecule is Cc1cc(C)cc(N2C(=O)/C(=C\c3cc(Cl)c4c(c3)OCO4)NC2=S)c1. The smallest absolute Gasteiger partial charge is 0.281 e. The van der Waals surface area contributed by atoms with Gasteiger partial charge in [-0.05, 0) is 73.1 Å². The Morgan fingerprint density at radius 3 is 2.62 bits per heavy atom. The first-order valence-electron chi connectivity index (χ1n) is 7.97. The Labute approximate surface area is 161 Å². The zero-order valence-electron chi connectivity index (χ0n) is 14.1. The van der Waals surface area contributed by atoms with E-state index in [2.05, 4.69) is 5.32 Å². The molecule has 0 atom stereocenters. The molecule has 1 saturated heterocycles. The maximum atomic E-state index is 12.9. The van der Waals surface area contributed by atoms with Crippen LogP contribution in [0.15, 0.2) is 36.0 Å². The van der Waals surface area contributed by atoms with Crippen molar-refractivity contribution in [3.63, 3.8) is 0 Å². The van der Waals surface area contributed by atoms with Gasteiger partial charge in [0, 0.05) is 0 Å². The van der Waals surface area contributed by atoms with Crippen LogP contribution in [0.5, 0.6) is 11.5 Å². The molecule has 5 nitrogen and oxygen atoms in total. The maximum absolute atomic E-state index is 12.9. The number of aryl methyl sites for hydroxylation is 2. The third-order valence-corrected chi connectivity index (χ3v) is 4.67. The Balaban J connectivity index is 1.69. The number of nitrogens with zero attached hydrogens (tertiary/aromatic N) is 1. The number of carbonyl (C=O) groups is 1. The second-order valence-corrected chi connectivity index (χ2v) is 7.01. The Bertz CT molecular complexity index is 967. The predicted molar refractivity (Wildman–Crippen MR) is 105 cm³/mol. The van der Waals surface area contributed by atoms with Crippen molar-refractivity contribution in [2.24, 2.45) is 0 Å². The van der Waals surface area contributed by atoms with Gasteiger partial charge in [-0.2, -0.15) is 0 Å². The molecule has 0 aromatic heterocycles. The number of fused-ring (bicyclic) bond motifs is 1. The molecule has 0 radical (unpaired) electrons. The fourth-order valence-electron chi connectivity index (χ4n) is 3.09. The number of hydrogen-bond donors (Lipinski definition) is 1. The van der Waals surface area contributed by atoms with Crippen molar-refractivity contribution in [1.82, 2.24) is 5.32 Å². The number of thiocarbonyl (C=S) groups is 1. The van der Waals surface area contributed by atoms with Gasteiger partial charge in [0.2, 0.25) is 6.79 Å². The zero-order valence-corrected chi connectivity index (χ0v) is 15.7. The molecule has 1 N–H and O–H groups in total. The number of anilines is 1. The molecule has 2 aliphatic rings. The largest absolute Gasteiger partial charge is 0.454 e. The average Bonchev–Trinajstić information content (AvgIpc) is 3.12. The molecule has 0 bridgehead atoms. The normalized spacial score (nSPS) is 17.2. The van der Waals surface area contributed by atoms with Crippen LogP contribution in [0.25, 0.3) is 6.08 Å². The minimum Gasteiger partial charge on any atom is -0.454 e. The van der Waals surface area contributed by atoms with Crippen LogP contribution in [-0.2, 0) is 4.79 Å². The van der Waals surface area contributed by atoms with Gasteiger partial charge in [0.25, 0.3) is 5.91 Å². The van der Waals surface area contributed by atoms with E-state index in [-0.39, 0.29) is 12.7 Å². The molecular weight excluding hydrogens is 372 g/mol. The predicted octanol–water partition coefficient (Wildman–Crippen LogP) is 3.95. The van der Waals surface area contributed by atoms with Gasteiger partial charge in [0.1, 0.15) is 5.70 Å². The summed E-state index contributed by atoms with van der Waals surface area (Å²) in [6, 6.07) is 9.41. The highest BCUT2D eigenvalue weighted by atomic mass is 35.5. The van der Waals surface area contributed by atoms with Crippen LogP contribution in [0.4, 0.5) is 5.69 Å². The van der Waals surface area contributed by atoms with Crippen molar-refractivity contribution in [2.75, 3.05) is 11.7 Å². The number of amides is 1. The van der Waals surface area contributed by atoms with Crippen LogP contribution in [0.3, 0.4) is 0 Å². The van der Waals surface area contributed by atoms with E-state index in [9.17, 15) is 4.79 Å². The Hall–Kier alpha value is -2.57. The number of rotatable bonds is 2. The van der Waals surface area contributed by atoms with Crippen LogP contribution in [-0.4, -0.2) is 17.8 Å². The standard InChI is InChI=1S/C19H15ClN2O3S/c1-10-3-11(2)5-13(4-10)22-18(23)15(21-19(22)26)7-12-6-14(20)17-16(8-12)24-9-25-17/h3-8H,9H2,1-2H3,(H,21,26)/b15-7+. The minimum atomic E-state index is -0.214. The van der Waals surface area contributed by atoms with Gasteiger partial charge in [-0.25, -0.2) is 0 Å². The molecule has 1 amide bonds. The topological polar surface area (TPSA) is 50.8 Å². The van der Waals surface area contributed by atoms with Crippen LogP contribution < -0.4 is 19.7 Å². The molecule has 0 unspecified atom stereocenters. The highest BCUT2D eigenvalue weighted by molar-refractivity contribution is 7.80. The van der Waals surface area contributed by atoms with Gasteiger partial charge in [-0.15, -0.1) is 0 Å². The summed E-state index contributed by atoms with van der Waals surface area (Å²) in [6.45, 7) is 4.11. The molecule has 132 valence electrons. The van der Waals surface area contributed by atoms with E-state index in [1.807, 2.05) is 32.0 Å². The van der Waals surface area contributed by atoms with Gasteiger partial charge in [-0.3, -0.25) is 9.69 Å². The molecule has 2 aromatic rings. The van der Waals surface area contributed by atoms with Crippen molar-refractivity contribution >= 4 is 46.6 Å². The molecule has 1 fully saturated rings. The molecule has 2 heterocycles. The van der Waals surface area contributed by atoms with E-state index < -0.39 is 0 Å². The van der Waals surface area contributed by atoms with Crippen molar-refractivity contribution < 1.29 is 14.3 Å². The number of hydrogen-bond acceptors (Lipinski definition) is 4. The molecule has 4 rings (SSSR count). The Morgan fingerprint density at radius 1 is 1.15 bits per heavy atom. The highest BCUT2D eigenvalue weighted by Gasteiger charge is 2.32. The quantitative estimate of drug-likeness (QED) is 0.625. The first-order valence-corrected chi connectivity index (χ1v) is 8.75. The number of nitrogens with one attached hydrogen (secondary N) is 1. The molecular formula is C19H15ClN2O3S. The lowest BCUT2D eigenvalue weighted by Crippen LogP contribution is -2.30. The fourth-order valence-corrected chi connectivity index (χ4v) is 3.66. The second kappa shape index (κ2) is 6.30. The summed E-state index contributed by atoms with van der Waals surface area (Å²) in [7, 11) is 0. The van der Waals surface area contributed by atoms with Crippen LogP contribution >= 0.6 is 23.8 Å². The monoisotopic (exact) mass is 386 g/mol. The summed E-state index contributed by atoms with van der Waals surface area (Å²) in [5, 5.41) is 3.76. The Kier molecular flexibility index (Phi) is 4.09. The lowest BCUT2D eigenvalue weighted by Gasteiger charge is -2.15. The van der Waals surface area contributed by atoms with Crippen molar-refractivity contribution in [3.05, 3.63) is 57.7 Å². The van der Waals surface area contributed by atoms with E-state index in [4.69, 9.17) is 33.3 Å². The molecule has 26 heavy (non-hydrogen) atoms. The Morgan fingerprint density at radius 2 is 1.88 bits per heavy atom. The summed E-state index contributed by atoms with van der Waals surface area (Å²) in [5.74, 6) is 0.865. The second-order valence-electron chi connectivity index (χ2n) is 6.21. The van der Waals surface area contributed by atoms with Gasteiger partial charge in [-0.1, -0.05) is 17.7 Å². The lowest BCUT2D eigenvalue weighted by molar-refractivity contribution is -0.113. The van der Waals surface area contributed by atoms with Crippen molar-refractivity contribution in [3.8, 4) is 11.5 Å². The fraction of sp³-hybridized carbons (Fsp3) is 0.158. The van der Waals surface area contributed by atoms with E-state index in [0.29, 0.717) is 27.3 Å². The summed E-state index contributed by atoms with van der Waals surface area (Å²) in [4.78, 5) is 14.4. The van der Waals surface area contributed by atoms with Crippen molar-refractivity contribution in [1.29, 1.82) is 0 Å². The minimum absolute atomic E-state index is 0.136. The molecule has 2 aromatic carbocycles. The zero-order chi connectivity index (χ0) is 18.4. The van der Waals surface area contributed by atoms with Gasteiger partial charge in [0.15, 0.2) is 16.6 Å². The number of benzene rings is 2. The average molecular weight is 387 g/mol. The van der Waals surface area contributed by atoms with Gasteiger partial charge in [0.05, 0.1) is 10.7 Å². The van der Waals surface area contributed by atoms with E-state index in [1.54, 1.807) is 18.2 Å². The number of carbonyl (C=O) groups excluding carboxylic acids is 1. The third kappa shape index (κ3) is 2.91. The first-order chi connectivity index (χ1) is 12.4. The molecule has 2 aliphatic heterocycles. The third-order valence-electron chi connectivity index (χ3n) is 4.10. The van der Waals surface area contributed by atoms with E-state index >= 15 is 0 Å². The summed E-state index contributed by atoms with van der Waals surface area (Å²) in [5.41, 5.74) is 3.98. The summed E-state index contributed by atoms with van der Waals surface area (Å²) in [6.07, 6.45) is 1.70. The van der Waals surface area contributed by atoms with E-state index in [0.717, 1.165) is 22.4 Å². The highest BCUT2D eigenvalue weighted by Crippen LogP contribution is 2.40. The maximum Gasteiger partial charge on any atom is 0.281 e. The molecule has 0 saturated carbocycles. The molecule has 7 heteroatoms. The number of ether oxygens (including phenoxy) is 2. The van der Waals surface area contributed by atoms with E-state index in [1.165, 1.54) is 4.90 Å². The van der Waals surface area contributed by atoms with Gasteiger partial charge >= 0.3 is 0 Å². The molecule has 0 spiro atoms. The van der Waals surface area contributed by atoms with Crippen LogP contribution in [0, 0.1) is 13.8 Å². The lowest BCUT2D eigenvalue weighted by atomic mass is 10.1. The van der Waals surface area contributed by atoms with Gasteiger partial charge < -0.3 is 14.8 Å². The van der Waals surface area contributed by atoms with Crippen LogP contribution in [0.1, 0.15) is 16.7 Å². The summed E-state index contributed by atoms with van der Waals surface area (Å²) >= 11 is 11.6. The molecule has 0 aliphatic carbocycles.